The molecule has 0 heterocycles. The summed E-state index contributed by atoms with van der Waals surface area (Å²) in [5.41, 5.74) is 1.23. The Hall–Kier alpha value is -1.33. The molecule has 1 atom stereocenters. The first-order chi connectivity index (χ1) is 9.05. The molecule has 0 spiro atoms. The molecule has 0 saturated carbocycles. The largest absolute Gasteiger partial charge is 0.317 e. The molecular formula is C17H26N2. The van der Waals surface area contributed by atoms with Gasteiger partial charge in [-0.15, -0.1) is 0 Å². The Kier molecular flexibility index (Phi) is 6.59. The lowest BCUT2D eigenvalue weighted by atomic mass is 9.90. The van der Waals surface area contributed by atoms with Crippen LogP contribution in [0.15, 0.2) is 30.3 Å². The third kappa shape index (κ3) is 6.40. The zero-order chi connectivity index (χ0) is 14.1. The number of hydrogen-bond acceptors (Lipinski definition) is 2. The second kappa shape index (κ2) is 7.96. The van der Waals surface area contributed by atoms with Crippen LogP contribution in [0.25, 0.3) is 0 Å². The molecule has 1 unspecified atom stereocenters. The van der Waals surface area contributed by atoms with Crippen molar-refractivity contribution < 1.29 is 0 Å². The van der Waals surface area contributed by atoms with E-state index in [0.29, 0.717) is 5.92 Å². The van der Waals surface area contributed by atoms with E-state index in [9.17, 15) is 0 Å². The second-order valence-corrected chi connectivity index (χ2v) is 5.95. The van der Waals surface area contributed by atoms with Crippen molar-refractivity contribution in [1.82, 2.24) is 5.32 Å². The fourth-order valence-electron chi connectivity index (χ4n) is 2.10. The highest BCUT2D eigenvalue weighted by atomic mass is 14.8. The molecule has 0 aliphatic carbocycles. The molecule has 0 radical (unpaired) electrons. The SMILES string of the molecule is CC(CCNCCCC(C)(C)C#N)c1ccccc1. The van der Waals surface area contributed by atoms with Gasteiger partial charge in [-0.25, -0.2) is 0 Å². The van der Waals surface area contributed by atoms with Crippen LogP contribution in [0.5, 0.6) is 0 Å². The Labute approximate surface area is 117 Å². The van der Waals surface area contributed by atoms with Crippen molar-refractivity contribution in [3.05, 3.63) is 35.9 Å². The number of nitrogens with zero attached hydrogens (tertiary/aromatic N) is 1. The first-order valence-corrected chi connectivity index (χ1v) is 7.22. The first-order valence-electron chi connectivity index (χ1n) is 7.22. The Morgan fingerprint density at radius 3 is 2.53 bits per heavy atom. The van der Waals surface area contributed by atoms with Crippen LogP contribution in [-0.2, 0) is 0 Å². The predicted octanol–water partition coefficient (Wildman–Crippen LogP) is 4.10. The second-order valence-electron chi connectivity index (χ2n) is 5.95. The van der Waals surface area contributed by atoms with Gasteiger partial charge in [-0.3, -0.25) is 0 Å². The maximum Gasteiger partial charge on any atom is 0.0683 e. The average molecular weight is 258 g/mol. The fourth-order valence-corrected chi connectivity index (χ4v) is 2.10. The van der Waals surface area contributed by atoms with E-state index in [4.69, 9.17) is 5.26 Å². The molecule has 0 fully saturated rings. The summed E-state index contributed by atoms with van der Waals surface area (Å²) in [6.07, 6.45) is 3.19. The summed E-state index contributed by atoms with van der Waals surface area (Å²) in [5, 5.41) is 12.4. The summed E-state index contributed by atoms with van der Waals surface area (Å²) in [6.45, 7) is 8.33. The monoisotopic (exact) mass is 258 g/mol. The van der Waals surface area contributed by atoms with E-state index < -0.39 is 0 Å². The van der Waals surface area contributed by atoms with Crippen LogP contribution in [0.2, 0.25) is 0 Å². The van der Waals surface area contributed by atoms with Crippen LogP contribution in [-0.4, -0.2) is 13.1 Å². The lowest BCUT2D eigenvalue weighted by Crippen LogP contribution is -2.20. The van der Waals surface area contributed by atoms with Crippen molar-refractivity contribution in [3.8, 4) is 6.07 Å². The highest BCUT2D eigenvalue weighted by molar-refractivity contribution is 5.18. The van der Waals surface area contributed by atoms with Gasteiger partial charge in [0, 0.05) is 0 Å². The van der Waals surface area contributed by atoms with Crippen LogP contribution < -0.4 is 5.32 Å². The average Bonchev–Trinajstić information content (AvgIpc) is 2.43. The van der Waals surface area contributed by atoms with Crippen LogP contribution >= 0.6 is 0 Å². The van der Waals surface area contributed by atoms with Crippen molar-refractivity contribution >= 4 is 0 Å². The summed E-state index contributed by atoms with van der Waals surface area (Å²) < 4.78 is 0. The third-order valence-corrected chi connectivity index (χ3v) is 3.58. The van der Waals surface area contributed by atoms with Gasteiger partial charge in [-0.1, -0.05) is 37.3 Å². The summed E-state index contributed by atoms with van der Waals surface area (Å²) in [6, 6.07) is 13.0. The first kappa shape index (κ1) is 15.7. The van der Waals surface area contributed by atoms with Crippen LogP contribution in [0, 0.1) is 16.7 Å². The van der Waals surface area contributed by atoms with Crippen molar-refractivity contribution in [3.63, 3.8) is 0 Å². The van der Waals surface area contributed by atoms with Crippen molar-refractivity contribution in [2.75, 3.05) is 13.1 Å². The number of nitriles is 1. The van der Waals surface area contributed by atoms with Crippen molar-refractivity contribution in [1.29, 1.82) is 5.26 Å². The molecule has 0 amide bonds. The Morgan fingerprint density at radius 2 is 1.89 bits per heavy atom. The van der Waals surface area contributed by atoms with Gasteiger partial charge in [0.1, 0.15) is 0 Å². The quantitative estimate of drug-likeness (QED) is 0.713. The van der Waals surface area contributed by atoms with Gasteiger partial charge in [0.25, 0.3) is 0 Å². The molecule has 1 rings (SSSR count). The molecule has 1 N–H and O–H groups in total. The zero-order valence-corrected chi connectivity index (χ0v) is 12.4. The minimum Gasteiger partial charge on any atom is -0.317 e. The number of nitrogens with one attached hydrogen (secondary N) is 1. The maximum absolute atomic E-state index is 8.93. The van der Waals surface area contributed by atoms with Gasteiger partial charge in [0.15, 0.2) is 0 Å². The van der Waals surface area contributed by atoms with E-state index in [0.717, 1.165) is 32.4 Å². The van der Waals surface area contributed by atoms with E-state index in [2.05, 4.69) is 48.6 Å². The van der Waals surface area contributed by atoms with Gasteiger partial charge in [-0.2, -0.15) is 5.26 Å². The van der Waals surface area contributed by atoms with E-state index in [1.807, 2.05) is 13.8 Å². The molecule has 0 bridgehead atoms. The summed E-state index contributed by atoms with van der Waals surface area (Å²) >= 11 is 0. The molecule has 104 valence electrons. The molecule has 0 aromatic heterocycles. The molecular weight excluding hydrogens is 232 g/mol. The van der Waals surface area contributed by atoms with Gasteiger partial charge >= 0.3 is 0 Å². The molecule has 19 heavy (non-hydrogen) atoms. The smallest absolute Gasteiger partial charge is 0.0683 e. The van der Waals surface area contributed by atoms with Gasteiger partial charge < -0.3 is 5.32 Å². The Morgan fingerprint density at radius 1 is 1.21 bits per heavy atom. The molecule has 2 heteroatoms. The predicted molar refractivity (Wildman–Crippen MR) is 81.0 cm³/mol. The highest BCUT2D eigenvalue weighted by Gasteiger charge is 2.15. The van der Waals surface area contributed by atoms with E-state index in [1.165, 1.54) is 5.56 Å². The van der Waals surface area contributed by atoms with E-state index >= 15 is 0 Å². The molecule has 1 aromatic rings. The van der Waals surface area contributed by atoms with Crippen LogP contribution in [0.4, 0.5) is 0 Å². The van der Waals surface area contributed by atoms with Gasteiger partial charge in [0.2, 0.25) is 0 Å². The van der Waals surface area contributed by atoms with E-state index in [1.54, 1.807) is 0 Å². The minimum atomic E-state index is -0.182. The minimum absolute atomic E-state index is 0.182. The fraction of sp³-hybridized carbons (Fsp3) is 0.588. The summed E-state index contributed by atoms with van der Waals surface area (Å²) in [5.74, 6) is 0.601. The normalized spacial score (nSPS) is 12.9. The van der Waals surface area contributed by atoms with Crippen LogP contribution in [0.3, 0.4) is 0 Å². The number of hydrogen-bond donors (Lipinski definition) is 1. The third-order valence-electron chi connectivity index (χ3n) is 3.58. The van der Waals surface area contributed by atoms with Crippen molar-refractivity contribution in [2.24, 2.45) is 5.41 Å². The van der Waals surface area contributed by atoms with Crippen molar-refractivity contribution in [2.45, 2.75) is 46.0 Å². The molecule has 0 saturated heterocycles. The molecule has 0 aliphatic heterocycles. The molecule has 1 aromatic carbocycles. The summed E-state index contributed by atoms with van der Waals surface area (Å²) in [4.78, 5) is 0. The topological polar surface area (TPSA) is 35.8 Å². The van der Waals surface area contributed by atoms with Gasteiger partial charge in [0.05, 0.1) is 11.5 Å². The highest BCUT2D eigenvalue weighted by Crippen LogP contribution is 2.20. The number of rotatable bonds is 8. The van der Waals surface area contributed by atoms with Gasteiger partial charge in [-0.05, 0) is 57.7 Å². The van der Waals surface area contributed by atoms with E-state index in [-0.39, 0.29) is 5.41 Å². The maximum atomic E-state index is 8.93. The lowest BCUT2D eigenvalue weighted by molar-refractivity contribution is 0.424. The number of benzene rings is 1. The molecule has 0 aliphatic rings. The Bertz CT molecular complexity index is 389. The Balaban J connectivity index is 2.10. The standard InChI is InChI=1S/C17H26N2/c1-15(16-8-5-4-6-9-16)10-13-19-12-7-11-17(2,3)14-18/h4-6,8-9,15,19H,7,10-13H2,1-3H3. The lowest BCUT2D eigenvalue weighted by Gasteiger charge is -2.15. The van der Waals surface area contributed by atoms with Crippen LogP contribution in [0.1, 0.15) is 51.5 Å². The molecule has 2 nitrogen and oxygen atoms in total. The zero-order valence-electron chi connectivity index (χ0n) is 12.4. The summed E-state index contributed by atoms with van der Waals surface area (Å²) in [7, 11) is 0.